The van der Waals surface area contributed by atoms with Gasteiger partial charge in [0.1, 0.15) is 0 Å². The highest BCUT2D eigenvalue weighted by Crippen LogP contribution is 2.13. The molecule has 0 bridgehead atoms. The summed E-state index contributed by atoms with van der Waals surface area (Å²) in [5.41, 5.74) is 2.51. The number of pyridine rings is 1. The third-order valence-electron chi connectivity index (χ3n) is 1.76. The number of fused-ring (bicyclic) bond motifs is 1. The Bertz CT molecular complexity index is 422. The zero-order valence-electron chi connectivity index (χ0n) is 7.66. The number of hydrogen-bond acceptors (Lipinski definition) is 4. The fourth-order valence-electron chi connectivity index (χ4n) is 1.19. The van der Waals surface area contributed by atoms with Gasteiger partial charge in [0.15, 0.2) is 11.2 Å². The molecule has 0 saturated carbocycles. The van der Waals surface area contributed by atoms with E-state index in [1.54, 1.807) is 6.20 Å². The molecule has 4 heteroatoms. The van der Waals surface area contributed by atoms with Crippen molar-refractivity contribution in [3.05, 3.63) is 23.7 Å². The van der Waals surface area contributed by atoms with Crippen LogP contribution in [-0.2, 0) is 6.54 Å². The van der Waals surface area contributed by atoms with E-state index in [2.05, 4.69) is 15.3 Å². The van der Waals surface area contributed by atoms with E-state index < -0.39 is 0 Å². The summed E-state index contributed by atoms with van der Waals surface area (Å²) in [6, 6.07) is 1.94. The molecule has 4 nitrogen and oxygen atoms in total. The Kier molecular flexibility index (Phi) is 1.98. The van der Waals surface area contributed by atoms with Gasteiger partial charge in [-0.1, -0.05) is 0 Å². The number of aromatic nitrogens is 2. The third kappa shape index (κ3) is 1.53. The van der Waals surface area contributed by atoms with E-state index in [1.807, 2.05) is 20.0 Å². The monoisotopic (exact) mass is 177 g/mol. The van der Waals surface area contributed by atoms with Crippen molar-refractivity contribution >= 4 is 11.2 Å². The molecule has 0 aliphatic heterocycles. The second-order valence-electron chi connectivity index (χ2n) is 2.97. The summed E-state index contributed by atoms with van der Waals surface area (Å²) in [7, 11) is 1.85. The molecular formula is C9H11N3O. The minimum absolute atomic E-state index is 0.634. The predicted molar refractivity (Wildman–Crippen MR) is 49.3 cm³/mol. The van der Waals surface area contributed by atoms with Crippen molar-refractivity contribution in [3.63, 3.8) is 0 Å². The highest BCUT2D eigenvalue weighted by molar-refractivity contribution is 5.67. The first-order valence-corrected chi connectivity index (χ1v) is 4.16. The Morgan fingerprint density at radius 2 is 2.38 bits per heavy atom. The van der Waals surface area contributed by atoms with Crippen molar-refractivity contribution < 1.29 is 4.42 Å². The molecule has 1 N–H and O–H groups in total. The van der Waals surface area contributed by atoms with Gasteiger partial charge in [0.25, 0.3) is 0 Å². The first-order chi connectivity index (χ1) is 6.29. The van der Waals surface area contributed by atoms with Gasteiger partial charge in [-0.3, -0.25) is 0 Å². The lowest BCUT2D eigenvalue weighted by Crippen LogP contribution is -2.04. The zero-order valence-corrected chi connectivity index (χ0v) is 7.66. The molecule has 0 aliphatic carbocycles. The van der Waals surface area contributed by atoms with Crippen LogP contribution in [0.15, 0.2) is 16.7 Å². The summed E-state index contributed by atoms with van der Waals surface area (Å²) >= 11 is 0. The summed E-state index contributed by atoms with van der Waals surface area (Å²) in [6.45, 7) is 2.61. The van der Waals surface area contributed by atoms with Gasteiger partial charge < -0.3 is 9.73 Å². The van der Waals surface area contributed by atoms with Crippen molar-refractivity contribution in [1.29, 1.82) is 0 Å². The average Bonchev–Trinajstić information content (AvgIpc) is 2.46. The van der Waals surface area contributed by atoms with Crippen LogP contribution in [0.1, 0.15) is 11.5 Å². The quantitative estimate of drug-likeness (QED) is 0.750. The van der Waals surface area contributed by atoms with E-state index in [4.69, 9.17) is 4.42 Å². The van der Waals surface area contributed by atoms with Crippen LogP contribution in [0.25, 0.3) is 11.2 Å². The van der Waals surface area contributed by atoms with E-state index in [9.17, 15) is 0 Å². The number of oxazole rings is 1. The van der Waals surface area contributed by atoms with Crippen molar-refractivity contribution in [2.45, 2.75) is 13.5 Å². The summed E-state index contributed by atoms with van der Waals surface area (Å²) in [5.74, 6) is 0.676. The lowest BCUT2D eigenvalue weighted by Gasteiger charge is -1.88. The van der Waals surface area contributed by atoms with Crippen LogP contribution in [0.4, 0.5) is 0 Å². The maximum atomic E-state index is 5.45. The molecule has 2 aromatic rings. The first-order valence-electron chi connectivity index (χ1n) is 4.16. The van der Waals surface area contributed by atoms with Crippen molar-refractivity contribution in [3.8, 4) is 0 Å². The number of nitrogens with zero attached hydrogens (tertiary/aromatic N) is 2. The van der Waals surface area contributed by atoms with Gasteiger partial charge in [-0.05, 0) is 25.6 Å². The van der Waals surface area contributed by atoms with E-state index in [1.165, 1.54) is 0 Å². The standard InChI is InChI=1S/C9H11N3O/c1-6-3-7-9(11-4-6)12-8(13-7)5-10-2/h3-4,10H,5H2,1-2H3. The minimum Gasteiger partial charge on any atom is -0.438 e. The number of nitrogens with one attached hydrogen (secondary N) is 1. The third-order valence-corrected chi connectivity index (χ3v) is 1.76. The molecule has 2 aromatic heterocycles. The summed E-state index contributed by atoms with van der Waals surface area (Å²) in [4.78, 5) is 8.35. The Morgan fingerprint density at radius 3 is 3.15 bits per heavy atom. The Hall–Kier alpha value is -1.42. The minimum atomic E-state index is 0.634. The van der Waals surface area contributed by atoms with Gasteiger partial charge in [0, 0.05) is 6.20 Å². The van der Waals surface area contributed by atoms with Crippen LogP contribution in [0, 0.1) is 6.92 Å². The second-order valence-corrected chi connectivity index (χ2v) is 2.97. The number of hydrogen-bond donors (Lipinski definition) is 1. The van der Waals surface area contributed by atoms with Gasteiger partial charge in [-0.25, -0.2) is 4.98 Å². The van der Waals surface area contributed by atoms with Crippen LogP contribution < -0.4 is 5.32 Å². The average molecular weight is 177 g/mol. The fraction of sp³-hybridized carbons (Fsp3) is 0.333. The van der Waals surface area contributed by atoms with Gasteiger partial charge in [0.05, 0.1) is 6.54 Å². The smallest absolute Gasteiger partial charge is 0.211 e. The molecule has 0 aliphatic rings. The van der Waals surface area contributed by atoms with Crippen LogP contribution in [0.5, 0.6) is 0 Å². The van der Waals surface area contributed by atoms with Gasteiger partial charge in [-0.15, -0.1) is 0 Å². The van der Waals surface area contributed by atoms with Crippen LogP contribution in [0.3, 0.4) is 0 Å². The molecule has 68 valence electrons. The molecule has 0 saturated heterocycles. The van der Waals surface area contributed by atoms with Crippen molar-refractivity contribution in [1.82, 2.24) is 15.3 Å². The second kappa shape index (κ2) is 3.14. The molecule has 0 atom stereocenters. The molecule has 0 unspecified atom stereocenters. The molecule has 13 heavy (non-hydrogen) atoms. The normalized spacial score (nSPS) is 10.9. The van der Waals surface area contributed by atoms with Crippen LogP contribution in [-0.4, -0.2) is 17.0 Å². The van der Waals surface area contributed by atoms with E-state index in [-0.39, 0.29) is 0 Å². The lowest BCUT2D eigenvalue weighted by molar-refractivity contribution is 0.511. The van der Waals surface area contributed by atoms with Gasteiger partial charge >= 0.3 is 0 Å². The fourth-order valence-corrected chi connectivity index (χ4v) is 1.19. The van der Waals surface area contributed by atoms with Gasteiger partial charge in [-0.2, -0.15) is 4.98 Å². The molecule has 0 radical (unpaired) electrons. The SMILES string of the molecule is CNCc1nc2ncc(C)cc2o1. The van der Waals surface area contributed by atoms with Crippen LogP contribution >= 0.6 is 0 Å². The zero-order chi connectivity index (χ0) is 9.26. The topological polar surface area (TPSA) is 51.0 Å². The summed E-state index contributed by atoms with van der Waals surface area (Å²) in [6.07, 6.45) is 1.79. The summed E-state index contributed by atoms with van der Waals surface area (Å²) in [5, 5.41) is 2.98. The van der Waals surface area contributed by atoms with Crippen molar-refractivity contribution in [2.75, 3.05) is 7.05 Å². The van der Waals surface area contributed by atoms with Gasteiger partial charge in [0.2, 0.25) is 5.89 Å². The molecule has 0 amide bonds. The lowest BCUT2D eigenvalue weighted by atomic mass is 10.3. The number of rotatable bonds is 2. The summed E-state index contributed by atoms with van der Waals surface area (Å²) < 4.78 is 5.45. The highest BCUT2D eigenvalue weighted by atomic mass is 16.3. The molecular weight excluding hydrogens is 166 g/mol. The van der Waals surface area contributed by atoms with Crippen molar-refractivity contribution in [2.24, 2.45) is 0 Å². The first kappa shape index (κ1) is 8.19. The van der Waals surface area contributed by atoms with E-state index in [0.717, 1.165) is 11.1 Å². The Labute approximate surface area is 76.0 Å². The largest absolute Gasteiger partial charge is 0.438 e. The Morgan fingerprint density at radius 1 is 1.54 bits per heavy atom. The Balaban J connectivity index is 2.49. The highest BCUT2D eigenvalue weighted by Gasteiger charge is 2.04. The molecule has 0 spiro atoms. The maximum Gasteiger partial charge on any atom is 0.211 e. The maximum absolute atomic E-state index is 5.45. The van der Waals surface area contributed by atoms with E-state index in [0.29, 0.717) is 18.1 Å². The molecule has 2 heterocycles. The van der Waals surface area contributed by atoms with E-state index >= 15 is 0 Å². The molecule has 2 rings (SSSR count). The predicted octanol–water partition coefficient (Wildman–Crippen LogP) is 1.25. The van der Waals surface area contributed by atoms with Crippen LogP contribution in [0.2, 0.25) is 0 Å². The number of aryl methyl sites for hydroxylation is 1. The molecule has 0 aromatic carbocycles. The molecule has 0 fully saturated rings.